The molecule has 0 fully saturated rings. The van der Waals surface area contributed by atoms with Gasteiger partial charge in [0.1, 0.15) is 11.6 Å². The van der Waals surface area contributed by atoms with Crippen molar-refractivity contribution in [2.24, 2.45) is 5.10 Å². The lowest BCUT2D eigenvalue weighted by Gasteiger charge is -2.11. The molecule has 1 aliphatic rings. The highest BCUT2D eigenvalue weighted by atomic mass is 19.3. The van der Waals surface area contributed by atoms with Crippen molar-refractivity contribution in [3.63, 3.8) is 0 Å². The van der Waals surface area contributed by atoms with E-state index in [1.807, 2.05) is 0 Å². The van der Waals surface area contributed by atoms with Crippen molar-refractivity contribution in [2.75, 3.05) is 5.01 Å². The predicted octanol–water partition coefficient (Wildman–Crippen LogP) is 4.23. The Morgan fingerprint density at radius 3 is 2.48 bits per heavy atom. The van der Waals surface area contributed by atoms with Crippen LogP contribution in [-0.4, -0.2) is 18.2 Å². The zero-order valence-electron chi connectivity index (χ0n) is 13.1. The summed E-state index contributed by atoms with van der Waals surface area (Å²) < 4.78 is 42.5. The Morgan fingerprint density at radius 1 is 1.12 bits per heavy atom. The van der Waals surface area contributed by atoms with Gasteiger partial charge < -0.3 is 4.74 Å². The van der Waals surface area contributed by atoms with Gasteiger partial charge in [0, 0.05) is 5.56 Å². The molecule has 2 aromatic carbocycles. The second-order valence-corrected chi connectivity index (χ2v) is 5.25. The van der Waals surface area contributed by atoms with Crippen LogP contribution >= 0.6 is 0 Å². The van der Waals surface area contributed by atoms with E-state index in [2.05, 4.69) is 9.84 Å². The summed E-state index contributed by atoms with van der Waals surface area (Å²) in [5, 5.41) is 5.29. The minimum atomic E-state index is -2.97. The molecular formula is C18H13F3N2O2. The first-order valence-electron chi connectivity index (χ1n) is 7.37. The smallest absolute Gasteiger partial charge is 0.387 e. The van der Waals surface area contributed by atoms with Crippen molar-refractivity contribution >= 4 is 23.4 Å². The van der Waals surface area contributed by atoms with E-state index >= 15 is 0 Å². The summed E-state index contributed by atoms with van der Waals surface area (Å²) >= 11 is 0. The van der Waals surface area contributed by atoms with Gasteiger partial charge in [-0.15, -0.1) is 0 Å². The third kappa shape index (κ3) is 3.55. The summed E-state index contributed by atoms with van der Waals surface area (Å²) in [6.45, 7) is -1.34. The standard InChI is InChI=1S/C18H13F3N2O2/c1-11-15(10-12-4-2-3-5-16(12)25-18(20)21)17(24)23(22-11)14-8-6-13(19)7-9-14/h2-10,18H,1H3. The third-order valence-corrected chi connectivity index (χ3v) is 3.57. The van der Waals surface area contributed by atoms with Gasteiger partial charge >= 0.3 is 6.61 Å². The van der Waals surface area contributed by atoms with Gasteiger partial charge in [0.15, 0.2) is 0 Å². The number of amides is 1. The van der Waals surface area contributed by atoms with E-state index in [9.17, 15) is 18.0 Å². The molecule has 0 aromatic heterocycles. The number of carbonyl (C=O) groups excluding carboxylic acids is 1. The van der Waals surface area contributed by atoms with Crippen LogP contribution in [0.25, 0.3) is 6.08 Å². The van der Waals surface area contributed by atoms with Crippen LogP contribution in [0.15, 0.2) is 59.2 Å². The molecule has 0 radical (unpaired) electrons. The van der Waals surface area contributed by atoms with Crippen LogP contribution in [0.2, 0.25) is 0 Å². The molecule has 25 heavy (non-hydrogen) atoms. The molecule has 2 aromatic rings. The van der Waals surface area contributed by atoms with Crippen LogP contribution in [-0.2, 0) is 4.79 Å². The lowest BCUT2D eigenvalue weighted by atomic mass is 10.1. The summed E-state index contributed by atoms with van der Waals surface area (Å²) in [6.07, 6.45) is 1.45. The Balaban J connectivity index is 1.94. The first-order valence-corrected chi connectivity index (χ1v) is 7.37. The monoisotopic (exact) mass is 346 g/mol. The zero-order chi connectivity index (χ0) is 18.0. The molecule has 1 aliphatic heterocycles. The fraction of sp³-hybridized carbons (Fsp3) is 0.111. The minimum absolute atomic E-state index is 0.0363. The largest absolute Gasteiger partial charge is 0.434 e. The average Bonchev–Trinajstić information content (AvgIpc) is 2.85. The predicted molar refractivity (Wildman–Crippen MR) is 88.0 cm³/mol. The number of hydrazone groups is 1. The molecule has 0 saturated heterocycles. The molecule has 0 saturated carbocycles. The van der Waals surface area contributed by atoms with Gasteiger partial charge in [0.2, 0.25) is 0 Å². The Morgan fingerprint density at radius 2 is 1.80 bits per heavy atom. The molecule has 0 spiro atoms. The second-order valence-electron chi connectivity index (χ2n) is 5.25. The fourth-order valence-corrected chi connectivity index (χ4v) is 2.40. The number of alkyl halides is 2. The molecule has 0 N–H and O–H groups in total. The van der Waals surface area contributed by atoms with E-state index in [0.717, 1.165) is 5.01 Å². The highest BCUT2D eigenvalue weighted by Gasteiger charge is 2.29. The van der Waals surface area contributed by atoms with Crippen molar-refractivity contribution in [3.05, 3.63) is 65.5 Å². The lowest BCUT2D eigenvalue weighted by Crippen LogP contribution is -2.21. The molecule has 4 nitrogen and oxygen atoms in total. The average molecular weight is 346 g/mol. The number of ether oxygens (including phenoxy) is 1. The molecule has 7 heteroatoms. The van der Waals surface area contributed by atoms with Gasteiger partial charge in [-0.05, 0) is 43.3 Å². The van der Waals surface area contributed by atoms with Crippen LogP contribution in [0.1, 0.15) is 12.5 Å². The lowest BCUT2D eigenvalue weighted by molar-refractivity contribution is -0.114. The summed E-state index contributed by atoms with van der Waals surface area (Å²) in [4.78, 5) is 12.6. The quantitative estimate of drug-likeness (QED) is 0.778. The number of nitrogens with zero attached hydrogens (tertiary/aromatic N) is 2. The van der Waals surface area contributed by atoms with Crippen molar-refractivity contribution < 1.29 is 22.7 Å². The van der Waals surface area contributed by atoms with Gasteiger partial charge in [0.05, 0.1) is 17.0 Å². The maximum Gasteiger partial charge on any atom is 0.387 e. The van der Waals surface area contributed by atoms with Gasteiger partial charge in [-0.25, -0.2) is 4.39 Å². The van der Waals surface area contributed by atoms with Gasteiger partial charge in [-0.2, -0.15) is 18.9 Å². The Hall–Kier alpha value is -3.09. The number of anilines is 1. The molecule has 1 heterocycles. The first-order chi connectivity index (χ1) is 12.0. The van der Waals surface area contributed by atoms with Crippen LogP contribution in [0.3, 0.4) is 0 Å². The van der Waals surface area contributed by atoms with Gasteiger partial charge in [-0.1, -0.05) is 18.2 Å². The number of hydrogen-bond donors (Lipinski definition) is 0. The molecule has 0 atom stereocenters. The molecule has 3 rings (SSSR count). The SMILES string of the molecule is CC1=NN(c2ccc(F)cc2)C(=O)C1=Cc1ccccc1OC(F)F. The molecule has 128 valence electrons. The fourth-order valence-electron chi connectivity index (χ4n) is 2.40. The Labute approximate surface area is 141 Å². The van der Waals surface area contributed by atoms with Crippen LogP contribution in [0.5, 0.6) is 5.75 Å². The molecule has 1 amide bonds. The summed E-state index contributed by atoms with van der Waals surface area (Å²) in [7, 11) is 0. The highest BCUT2D eigenvalue weighted by molar-refractivity contribution is 6.32. The van der Waals surface area contributed by atoms with E-state index in [4.69, 9.17) is 0 Å². The molecule has 0 unspecified atom stereocenters. The van der Waals surface area contributed by atoms with E-state index < -0.39 is 18.3 Å². The van der Waals surface area contributed by atoms with Crippen LogP contribution < -0.4 is 9.75 Å². The molecule has 0 bridgehead atoms. The number of halogens is 3. The van der Waals surface area contributed by atoms with E-state index in [-0.39, 0.29) is 11.3 Å². The van der Waals surface area contributed by atoms with Crippen molar-refractivity contribution in [1.82, 2.24) is 0 Å². The van der Waals surface area contributed by atoms with E-state index in [1.54, 1.807) is 25.1 Å². The minimum Gasteiger partial charge on any atom is -0.434 e. The van der Waals surface area contributed by atoms with Gasteiger partial charge in [-0.3, -0.25) is 4.79 Å². The zero-order valence-corrected chi connectivity index (χ0v) is 13.1. The third-order valence-electron chi connectivity index (χ3n) is 3.57. The number of hydrogen-bond acceptors (Lipinski definition) is 3. The van der Waals surface area contributed by atoms with Crippen LogP contribution in [0.4, 0.5) is 18.9 Å². The van der Waals surface area contributed by atoms with Crippen molar-refractivity contribution in [3.8, 4) is 5.75 Å². The van der Waals surface area contributed by atoms with E-state index in [1.165, 1.54) is 36.4 Å². The number of rotatable bonds is 4. The number of benzene rings is 2. The van der Waals surface area contributed by atoms with Crippen molar-refractivity contribution in [2.45, 2.75) is 13.5 Å². The highest BCUT2D eigenvalue weighted by Crippen LogP contribution is 2.28. The summed E-state index contributed by atoms with van der Waals surface area (Å²) in [6, 6.07) is 11.5. The molecular weight excluding hydrogens is 333 g/mol. The number of para-hydroxylation sites is 1. The van der Waals surface area contributed by atoms with Crippen molar-refractivity contribution in [1.29, 1.82) is 0 Å². The van der Waals surface area contributed by atoms with E-state index in [0.29, 0.717) is 17.0 Å². The number of carbonyl (C=O) groups is 1. The maximum atomic E-state index is 13.0. The molecule has 0 aliphatic carbocycles. The Kier molecular flexibility index (Phi) is 4.56. The first kappa shape index (κ1) is 16.8. The second kappa shape index (κ2) is 6.80. The Bertz CT molecular complexity index is 861. The van der Waals surface area contributed by atoms with Crippen LogP contribution in [0, 0.1) is 5.82 Å². The maximum absolute atomic E-state index is 13.0. The normalized spacial score (nSPS) is 15.9. The van der Waals surface area contributed by atoms with Gasteiger partial charge in [0.25, 0.3) is 5.91 Å². The summed E-state index contributed by atoms with van der Waals surface area (Å²) in [5.74, 6) is -0.897. The topological polar surface area (TPSA) is 41.9 Å². The summed E-state index contributed by atoms with van der Waals surface area (Å²) in [5.41, 5.74) is 1.41.